The van der Waals surface area contributed by atoms with Crippen molar-refractivity contribution in [3.63, 3.8) is 0 Å². The SMILES string of the molecule is COC(=O)c1ccccc1CCC(C=O)OS(C)(=O)=O. The van der Waals surface area contributed by atoms with Crippen molar-refractivity contribution >= 4 is 22.4 Å². The van der Waals surface area contributed by atoms with E-state index in [1.165, 1.54) is 7.11 Å². The first-order chi connectivity index (χ1) is 9.37. The fraction of sp³-hybridized carbons (Fsp3) is 0.385. The molecule has 0 saturated heterocycles. The van der Waals surface area contributed by atoms with E-state index in [4.69, 9.17) is 0 Å². The maximum atomic E-state index is 11.6. The second kappa shape index (κ2) is 7.16. The minimum atomic E-state index is -3.69. The second-order valence-corrected chi connectivity index (χ2v) is 5.76. The molecule has 0 N–H and O–H groups in total. The van der Waals surface area contributed by atoms with E-state index < -0.39 is 22.2 Å². The number of methoxy groups -OCH3 is 1. The lowest BCUT2D eigenvalue weighted by atomic mass is 10.0. The molecule has 0 radical (unpaired) electrons. The zero-order valence-electron chi connectivity index (χ0n) is 11.2. The van der Waals surface area contributed by atoms with Crippen LogP contribution in [0.1, 0.15) is 22.3 Å². The number of rotatable bonds is 7. The van der Waals surface area contributed by atoms with Crippen molar-refractivity contribution in [3.05, 3.63) is 35.4 Å². The summed E-state index contributed by atoms with van der Waals surface area (Å²) in [6.07, 6.45) is 0.735. The molecule has 0 fully saturated rings. The molecule has 0 heterocycles. The standard InChI is InChI=1S/C13H16O6S/c1-18-13(15)12-6-4-3-5-10(12)7-8-11(9-14)19-20(2,16)17/h3-6,9,11H,7-8H2,1-2H3. The summed E-state index contributed by atoms with van der Waals surface area (Å²) < 4.78 is 31.2. The maximum absolute atomic E-state index is 11.6. The molecule has 0 bridgehead atoms. The molecule has 0 spiro atoms. The number of esters is 1. The molecule has 1 aromatic rings. The summed E-state index contributed by atoms with van der Waals surface area (Å²) in [7, 11) is -2.42. The van der Waals surface area contributed by atoms with Gasteiger partial charge in [0.25, 0.3) is 10.1 Å². The molecule has 6 nitrogen and oxygen atoms in total. The van der Waals surface area contributed by atoms with Crippen molar-refractivity contribution < 1.29 is 26.9 Å². The van der Waals surface area contributed by atoms with Crippen LogP contribution in [0.4, 0.5) is 0 Å². The van der Waals surface area contributed by atoms with Crippen LogP contribution in [0.3, 0.4) is 0 Å². The summed E-state index contributed by atoms with van der Waals surface area (Å²) in [4.78, 5) is 22.4. The maximum Gasteiger partial charge on any atom is 0.338 e. The Bertz CT molecular complexity index is 578. The highest BCUT2D eigenvalue weighted by atomic mass is 32.2. The smallest absolute Gasteiger partial charge is 0.338 e. The van der Waals surface area contributed by atoms with E-state index in [0.717, 1.165) is 6.26 Å². The molecule has 0 saturated carbocycles. The highest BCUT2D eigenvalue weighted by molar-refractivity contribution is 7.86. The monoisotopic (exact) mass is 300 g/mol. The van der Waals surface area contributed by atoms with Crippen LogP contribution in [0.25, 0.3) is 0 Å². The Kier molecular flexibility index (Phi) is 5.84. The van der Waals surface area contributed by atoms with Gasteiger partial charge in [-0.15, -0.1) is 0 Å². The van der Waals surface area contributed by atoms with Crippen LogP contribution < -0.4 is 0 Å². The number of hydrogen-bond acceptors (Lipinski definition) is 6. The lowest BCUT2D eigenvalue weighted by Crippen LogP contribution is -2.20. The largest absolute Gasteiger partial charge is 0.465 e. The van der Waals surface area contributed by atoms with Gasteiger partial charge in [-0.25, -0.2) is 4.79 Å². The highest BCUT2D eigenvalue weighted by Gasteiger charge is 2.17. The topological polar surface area (TPSA) is 86.7 Å². The van der Waals surface area contributed by atoms with Gasteiger partial charge < -0.3 is 9.53 Å². The molecule has 1 atom stereocenters. The predicted molar refractivity (Wildman–Crippen MR) is 71.9 cm³/mol. The first-order valence-electron chi connectivity index (χ1n) is 5.87. The molecule has 0 aliphatic rings. The zero-order valence-corrected chi connectivity index (χ0v) is 12.1. The Labute approximate surface area is 117 Å². The van der Waals surface area contributed by atoms with E-state index >= 15 is 0 Å². The Balaban J connectivity index is 2.79. The Morgan fingerprint density at radius 1 is 1.35 bits per heavy atom. The van der Waals surface area contributed by atoms with Crippen LogP contribution in [0, 0.1) is 0 Å². The molecule has 20 heavy (non-hydrogen) atoms. The second-order valence-electron chi connectivity index (χ2n) is 4.16. The fourth-order valence-corrected chi connectivity index (χ4v) is 2.30. The Morgan fingerprint density at radius 2 is 2.00 bits per heavy atom. The summed E-state index contributed by atoms with van der Waals surface area (Å²) in [5, 5.41) is 0. The van der Waals surface area contributed by atoms with Crippen LogP contribution in [0.5, 0.6) is 0 Å². The van der Waals surface area contributed by atoms with Gasteiger partial charge in [0.1, 0.15) is 12.4 Å². The lowest BCUT2D eigenvalue weighted by molar-refractivity contribution is -0.113. The van der Waals surface area contributed by atoms with Gasteiger partial charge in [-0.1, -0.05) is 18.2 Å². The lowest BCUT2D eigenvalue weighted by Gasteiger charge is -2.11. The number of ether oxygens (including phenoxy) is 1. The molecule has 110 valence electrons. The van der Waals surface area contributed by atoms with Gasteiger partial charge in [-0.3, -0.25) is 4.18 Å². The molecule has 0 aromatic heterocycles. The summed E-state index contributed by atoms with van der Waals surface area (Å²) in [5.41, 5.74) is 1.06. The summed E-state index contributed by atoms with van der Waals surface area (Å²) in [5.74, 6) is -0.479. The number of carbonyl (C=O) groups excluding carboxylic acids is 2. The molecular weight excluding hydrogens is 284 g/mol. The Morgan fingerprint density at radius 3 is 2.55 bits per heavy atom. The molecule has 1 rings (SSSR count). The number of carbonyl (C=O) groups is 2. The number of benzene rings is 1. The molecule has 0 aliphatic carbocycles. The van der Waals surface area contributed by atoms with Crippen molar-refractivity contribution in [2.24, 2.45) is 0 Å². The summed E-state index contributed by atoms with van der Waals surface area (Å²) in [6, 6.07) is 6.76. The van der Waals surface area contributed by atoms with Crippen molar-refractivity contribution in [3.8, 4) is 0 Å². The number of hydrogen-bond donors (Lipinski definition) is 0. The van der Waals surface area contributed by atoms with Crippen LogP contribution in [-0.2, 0) is 30.3 Å². The van der Waals surface area contributed by atoms with Gasteiger partial charge in [0, 0.05) is 0 Å². The van der Waals surface area contributed by atoms with E-state index in [-0.39, 0.29) is 6.42 Å². The van der Waals surface area contributed by atoms with Gasteiger partial charge in [0.2, 0.25) is 0 Å². The van der Waals surface area contributed by atoms with Crippen molar-refractivity contribution in [1.29, 1.82) is 0 Å². The van der Waals surface area contributed by atoms with Gasteiger partial charge in [-0.2, -0.15) is 8.42 Å². The number of aryl methyl sites for hydroxylation is 1. The molecule has 1 aromatic carbocycles. The molecule has 0 amide bonds. The molecule has 0 aliphatic heterocycles. The van der Waals surface area contributed by atoms with E-state index in [1.54, 1.807) is 24.3 Å². The van der Waals surface area contributed by atoms with Crippen LogP contribution >= 0.6 is 0 Å². The molecular formula is C13H16O6S. The summed E-state index contributed by atoms with van der Waals surface area (Å²) >= 11 is 0. The molecule has 7 heteroatoms. The average Bonchev–Trinajstić information content (AvgIpc) is 2.41. The highest BCUT2D eigenvalue weighted by Crippen LogP contribution is 2.14. The Hall–Kier alpha value is -1.73. The quantitative estimate of drug-likeness (QED) is 0.423. The minimum absolute atomic E-state index is 0.157. The predicted octanol–water partition coefficient (Wildman–Crippen LogP) is 0.950. The van der Waals surface area contributed by atoms with Gasteiger partial charge >= 0.3 is 5.97 Å². The van der Waals surface area contributed by atoms with Crippen LogP contribution in [0.2, 0.25) is 0 Å². The third kappa shape index (κ3) is 5.10. The average molecular weight is 300 g/mol. The zero-order chi connectivity index (χ0) is 15.2. The van der Waals surface area contributed by atoms with Gasteiger partial charge in [0.05, 0.1) is 18.9 Å². The van der Waals surface area contributed by atoms with E-state index in [9.17, 15) is 18.0 Å². The van der Waals surface area contributed by atoms with Gasteiger partial charge in [0.15, 0.2) is 0 Å². The van der Waals surface area contributed by atoms with E-state index in [1.807, 2.05) is 0 Å². The normalized spacial score (nSPS) is 12.7. The van der Waals surface area contributed by atoms with Gasteiger partial charge in [-0.05, 0) is 24.5 Å². The fourth-order valence-electron chi connectivity index (χ4n) is 1.71. The third-order valence-corrected chi connectivity index (χ3v) is 3.17. The van der Waals surface area contributed by atoms with Crippen LogP contribution in [-0.4, -0.2) is 40.1 Å². The molecule has 1 unspecified atom stereocenters. The first-order valence-corrected chi connectivity index (χ1v) is 7.69. The number of aldehydes is 1. The van der Waals surface area contributed by atoms with Crippen molar-refractivity contribution in [2.45, 2.75) is 18.9 Å². The van der Waals surface area contributed by atoms with Crippen molar-refractivity contribution in [1.82, 2.24) is 0 Å². The van der Waals surface area contributed by atoms with Crippen molar-refractivity contribution in [2.75, 3.05) is 13.4 Å². The van der Waals surface area contributed by atoms with E-state index in [2.05, 4.69) is 8.92 Å². The first kappa shape index (κ1) is 16.3. The summed E-state index contributed by atoms with van der Waals surface area (Å²) in [6.45, 7) is 0. The minimum Gasteiger partial charge on any atom is -0.465 e. The third-order valence-electron chi connectivity index (χ3n) is 2.57. The van der Waals surface area contributed by atoms with E-state index in [0.29, 0.717) is 23.8 Å². The van der Waals surface area contributed by atoms with Crippen LogP contribution in [0.15, 0.2) is 24.3 Å².